The average molecular weight is 372 g/mol. The van der Waals surface area contributed by atoms with E-state index in [1.807, 2.05) is 18.2 Å². The van der Waals surface area contributed by atoms with Crippen LogP contribution in [0.3, 0.4) is 0 Å². The number of carbonyl (C=O) groups is 1. The van der Waals surface area contributed by atoms with Crippen LogP contribution >= 0.6 is 0 Å². The molecule has 1 amide bonds. The van der Waals surface area contributed by atoms with E-state index in [0.717, 1.165) is 24.8 Å². The van der Waals surface area contributed by atoms with Crippen molar-refractivity contribution in [1.29, 1.82) is 0 Å². The Kier molecular flexibility index (Phi) is 5.58. The van der Waals surface area contributed by atoms with Gasteiger partial charge in [-0.05, 0) is 41.5 Å². The first kappa shape index (κ1) is 18.7. The van der Waals surface area contributed by atoms with Crippen LogP contribution in [0.15, 0.2) is 29.5 Å². The van der Waals surface area contributed by atoms with E-state index in [4.69, 9.17) is 15.2 Å². The molecule has 144 valence electrons. The summed E-state index contributed by atoms with van der Waals surface area (Å²) < 4.78 is 12.9. The maximum absolute atomic E-state index is 12.1. The Morgan fingerprint density at radius 2 is 2.15 bits per heavy atom. The Labute approximate surface area is 157 Å². The van der Waals surface area contributed by atoms with Gasteiger partial charge < -0.3 is 20.5 Å². The number of methoxy groups -OCH3 is 1. The van der Waals surface area contributed by atoms with Crippen molar-refractivity contribution >= 4 is 11.9 Å². The van der Waals surface area contributed by atoms with Crippen LogP contribution < -0.4 is 20.5 Å². The SMILES string of the molecule is CCCCCOc1ccc([C@H]2C(C(N)=O)=C(C)Nc3nnnn32)cc1OC. The van der Waals surface area contributed by atoms with Crippen molar-refractivity contribution < 1.29 is 14.3 Å². The number of unbranched alkanes of at least 4 members (excludes halogenated alkanes) is 2. The molecule has 1 aliphatic heterocycles. The van der Waals surface area contributed by atoms with Gasteiger partial charge in [0, 0.05) is 5.70 Å². The van der Waals surface area contributed by atoms with E-state index in [1.54, 1.807) is 14.0 Å². The molecule has 1 aromatic heterocycles. The molecule has 1 atom stereocenters. The number of nitrogens with two attached hydrogens (primary N) is 1. The van der Waals surface area contributed by atoms with Crippen molar-refractivity contribution in [3.63, 3.8) is 0 Å². The molecule has 0 fully saturated rings. The van der Waals surface area contributed by atoms with Gasteiger partial charge in [-0.3, -0.25) is 4.79 Å². The summed E-state index contributed by atoms with van der Waals surface area (Å²) in [6, 6.07) is 4.99. The van der Waals surface area contributed by atoms with Crippen molar-refractivity contribution in [2.75, 3.05) is 19.0 Å². The quantitative estimate of drug-likeness (QED) is 0.681. The Hall–Kier alpha value is -3.10. The van der Waals surface area contributed by atoms with E-state index in [9.17, 15) is 4.79 Å². The normalized spacial score (nSPS) is 15.9. The molecule has 2 aromatic rings. The summed E-state index contributed by atoms with van der Waals surface area (Å²) in [5.74, 6) is 1.15. The van der Waals surface area contributed by atoms with Gasteiger partial charge in [-0.1, -0.05) is 30.9 Å². The number of nitrogens with one attached hydrogen (secondary N) is 1. The van der Waals surface area contributed by atoms with E-state index in [0.29, 0.717) is 35.3 Å². The van der Waals surface area contributed by atoms with Crippen molar-refractivity contribution in [3.05, 3.63) is 35.0 Å². The van der Waals surface area contributed by atoms with Gasteiger partial charge in [0.15, 0.2) is 11.5 Å². The van der Waals surface area contributed by atoms with Crippen LogP contribution in [0.4, 0.5) is 5.95 Å². The number of allylic oxidation sites excluding steroid dienone is 1. The summed E-state index contributed by atoms with van der Waals surface area (Å²) >= 11 is 0. The van der Waals surface area contributed by atoms with Crippen molar-refractivity contribution in [2.45, 2.75) is 39.2 Å². The van der Waals surface area contributed by atoms with Crippen molar-refractivity contribution in [1.82, 2.24) is 20.2 Å². The third-order valence-electron chi connectivity index (χ3n) is 4.49. The monoisotopic (exact) mass is 372 g/mol. The number of hydrogen-bond acceptors (Lipinski definition) is 7. The standard InChI is InChI=1S/C18H24N6O3/c1-4-5-6-9-27-13-8-7-12(10-14(13)26-3)16-15(17(19)25)11(2)20-18-21-22-23-24(16)18/h7-8,10,16H,4-6,9H2,1-3H3,(H2,19,25)(H,20,21,23)/t16-/m0/s1. The molecule has 0 saturated heterocycles. The van der Waals surface area contributed by atoms with Crippen LogP contribution in [-0.4, -0.2) is 39.8 Å². The van der Waals surface area contributed by atoms with Crippen LogP contribution in [-0.2, 0) is 4.79 Å². The van der Waals surface area contributed by atoms with Crippen LogP contribution in [0, 0.1) is 0 Å². The smallest absolute Gasteiger partial charge is 0.248 e. The first-order valence-electron chi connectivity index (χ1n) is 8.93. The minimum atomic E-state index is -0.545. The second-order valence-corrected chi connectivity index (χ2v) is 6.34. The molecule has 0 spiro atoms. The molecule has 0 saturated carbocycles. The molecule has 0 bridgehead atoms. The summed E-state index contributed by atoms with van der Waals surface area (Å²) in [5, 5.41) is 14.6. The Balaban J connectivity index is 1.96. The molecular formula is C18H24N6O3. The predicted molar refractivity (Wildman–Crippen MR) is 99.5 cm³/mol. The lowest BCUT2D eigenvalue weighted by Crippen LogP contribution is -2.31. The number of anilines is 1. The number of amides is 1. The number of tetrazole rings is 1. The third kappa shape index (κ3) is 3.71. The predicted octanol–water partition coefficient (Wildman–Crippen LogP) is 2.02. The molecule has 1 aliphatic rings. The summed E-state index contributed by atoms with van der Waals surface area (Å²) in [6.45, 7) is 4.54. The Bertz CT molecular complexity index is 861. The molecule has 27 heavy (non-hydrogen) atoms. The average Bonchev–Trinajstić information content (AvgIpc) is 3.11. The topological polar surface area (TPSA) is 117 Å². The summed E-state index contributed by atoms with van der Waals surface area (Å²) in [5.41, 5.74) is 7.42. The number of rotatable bonds is 8. The van der Waals surface area contributed by atoms with E-state index < -0.39 is 11.9 Å². The summed E-state index contributed by atoms with van der Waals surface area (Å²) in [7, 11) is 1.58. The first-order valence-corrected chi connectivity index (χ1v) is 8.93. The highest BCUT2D eigenvalue weighted by Gasteiger charge is 2.33. The maximum Gasteiger partial charge on any atom is 0.248 e. The number of aromatic nitrogens is 4. The third-order valence-corrected chi connectivity index (χ3v) is 4.49. The molecule has 3 rings (SSSR count). The van der Waals surface area contributed by atoms with Gasteiger partial charge in [-0.2, -0.15) is 4.68 Å². The van der Waals surface area contributed by atoms with Gasteiger partial charge in [-0.25, -0.2) is 0 Å². The molecule has 2 heterocycles. The van der Waals surface area contributed by atoms with Gasteiger partial charge in [0.2, 0.25) is 11.9 Å². The van der Waals surface area contributed by atoms with E-state index in [1.165, 1.54) is 4.68 Å². The summed E-state index contributed by atoms with van der Waals surface area (Å²) in [6.07, 6.45) is 3.23. The highest BCUT2D eigenvalue weighted by Crippen LogP contribution is 2.38. The largest absolute Gasteiger partial charge is 0.493 e. The zero-order chi connectivity index (χ0) is 19.4. The van der Waals surface area contributed by atoms with E-state index >= 15 is 0 Å². The fraction of sp³-hybridized carbons (Fsp3) is 0.444. The van der Waals surface area contributed by atoms with E-state index in [2.05, 4.69) is 27.8 Å². The minimum Gasteiger partial charge on any atom is -0.493 e. The number of carbonyl (C=O) groups excluding carboxylic acids is 1. The van der Waals surface area contributed by atoms with Crippen LogP contribution in [0.1, 0.15) is 44.7 Å². The number of nitrogens with zero attached hydrogens (tertiary/aromatic N) is 4. The fourth-order valence-electron chi connectivity index (χ4n) is 3.15. The summed E-state index contributed by atoms with van der Waals surface area (Å²) in [4.78, 5) is 12.1. The van der Waals surface area contributed by atoms with Gasteiger partial charge in [0.25, 0.3) is 0 Å². The number of hydrogen-bond donors (Lipinski definition) is 2. The van der Waals surface area contributed by atoms with Gasteiger partial charge in [-0.15, -0.1) is 0 Å². The van der Waals surface area contributed by atoms with Crippen LogP contribution in [0.25, 0.3) is 0 Å². The zero-order valence-corrected chi connectivity index (χ0v) is 15.7. The Morgan fingerprint density at radius 3 is 2.85 bits per heavy atom. The second kappa shape index (κ2) is 8.07. The molecule has 9 nitrogen and oxygen atoms in total. The number of fused-ring (bicyclic) bond motifs is 1. The van der Waals surface area contributed by atoms with Crippen LogP contribution in [0.5, 0.6) is 11.5 Å². The minimum absolute atomic E-state index is 0.397. The maximum atomic E-state index is 12.1. The molecule has 0 radical (unpaired) electrons. The second-order valence-electron chi connectivity index (χ2n) is 6.34. The fourth-order valence-corrected chi connectivity index (χ4v) is 3.15. The van der Waals surface area contributed by atoms with Crippen molar-refractivity contribution in [3.8, 4) is 11.5 Å². The van der Waals surface area contributed by atoms with Gasteiger partial charge in [0.05, 0.1) is 19.3 Å². The highest BCUT2D eigenvalue weighted by molar-refractivity contribution is 5.95. The lowest BCUT2D eigenvalue weighted by atomic mass is 9.95. The molecule has 3 N–H and O–H groups in total. The molecule has 1 aromatic carbocycles. The lowest BCUT2D eigenvalue weighted by molar-refractivity contribution is -0.115. The number of benzene rings is 1. The molecule has 0 aliphatic carbocycles. The Morgan fingerprint density at radius 1 is 1.33 bits per heavy atom. The molecular weight excluding hydrogens is 348 g/mol. The molecule has 9 heteroatoms. The first-order chi connectivity index (χ1) is 13.1. The van der Waals surface area contributed by atoms with Gasteiger partial charge >= 0.3 is 0 Å². The van der Waals surface area contributed by atoms with Crippen molar-refractivity contribution in [2.24, 2.45) is 5.73 Å². The van der Waals surface area contributed by atoms with Gasteiger partial charge in [0.1, 0.15) is 6.04 Å². The van der Waals surface area contributed by atoms with E-state index in [-0.39, 0.29) is 0 Å². The number of primary amides is 1. The lowest BCUT2D eigenvalue weighted by Gasteiger charge is -2.27. The molecule has 0 unspecified atom stereocenters. The van der Waals surface area contributed by atoms with Crippen LogP contribution in [0.2, 0.25) is 0 Å². The number of ether oxygens (including phenoxy) is 2. The highest BCUT2D eigenvalue weighted by atomic mass is 16.5. The zero-order valence-electron chi connectivity index (χ0n) is 15.7.